The lowest BCUT2D eigenvalue weighted by Gasteiger charge is -2.20. The van der Waals surface area contributed by atoms with Gasteiger partial charge in [-0.25, -0.2) is 0 Å². The summed E-state index contributed by atoms with van der Waals surface area (Å²) in [5.74, 6) is -0.411. The SMILES string of the molecule is COCc1cc(CNC(=O)[C@@H](NC(C)=O)C(C)C)[nH]n1. The van der Waals surface area contributed by atoms with Gasteiger partial charge in [0.05, 0.1) is 24.5 Å². The highest BCUT2D eigenvalue weighted by molar-refractivity contribution is 5.86. The summed E-state index contributed by atoms with van der Waals surface area (Å²) in [5, 5.41) is 12.3. The van der Waals surface area contributed by atoms with E-state index in [9.17, 15) is 9.59 Å². The number of aromatic nitrogens is 2. The molecule has 112 valence electrons. The number of nitrogens with zero attached hydrogens (tertiary/aromatic N) is 1. The average molecular weight is 282 g/mol. The summed E-state index contributed by atoms with van der Waals surface area (Å²) in [6.07, 6.45) is 0. The van der Waals surface area contributed by atoms with Gasteiger partial charge in [0.15, 0.2) is 0 Å². The Morgan fingerprint density at radius 1 is 1.45 bits per heavy atom. The Bertz CT molecular complexity index is 456. The summed E-state index contributed by atoms with van der Waals surface area (Å²) in [4.78, 5) is 23.1. The monoisotopic (exact) mass is 282 g/mol. The zero-order valence-electron chi connectivity index (χ0n) is 12.3. The molecule has 7 nitrogen and oxygen atoms in total. The van der Waals surface area contributed by atoms with E-state index in [4.69, 9.17) is 4.74 Å². The molecular weight excluding hydrogens is 260 g/mol. The zero-order valence-corrected chi connectivity index (χ0v) is 12.3. The van der Waals surface area contributed by atoms with E-state index in [1.807, 2.05) is 19.9 Å². The lowest BCUT2D eigenvalue weighted by Crippen LogP contribution is -2.48. The second-order valence-corrected chi connectivity index (χ2v) is 4.96. The van der Waals surface area contributed by atoms with E-state index in [1.165, 1.54) is 6.92 Å². The minimum atomic E-state index is -0.533. The first-order valence-corrected chi connectivity index (χ1v) is 6.51. The summed E-state index contributed by atoms with van der Waals surface area (Å²) < 4.78 is 4.96. The van der Waals surface area contributed by atoms with Gasteiger partial charge in [0.25, 0.3) is 0 Å². The van der Waals surface area contributed by atoms with Gasteiger partial charge in [-0.15, -0.1) is 0 Å². The Labute approximate surface area is 118 Å². The van der Waals surface area contributed by atoms with Crippen molar-refractivity contribution in [3.63, 3.8) is 0 Å². The van der Waals surface area contributed by atoms with Crippen molar-refractivity contribution in [1.29, 1.82) is 0 Å². The minimum absolute atomic E-state index is 0.0183. The molecule has 1 heterocycles. The first-order chi connectivity index (χ1) is 9.43. The highest BCUT2D eigenvalue weighted by Gasteiger charge is 2.22. The van der Waals surface area contributed by atoms with E-state index in [2.05, 4.69) is 20.8 Å². The van der Waals surface area contributed by atoms with Crippen molar-refractivity contribution < 1.29 is 14.3 Å². The van der Waals surface area contributed by atoms with Crippen LogP contribution >= 0.6 is 0 Å². The number of aromatic amines is 1. The number of nitrogens with one attached hydrogen (secondary N) is 3. The Morgan fingerprint density at radius 3 is 2.70 bits per heavy atom. The van der Waals surface area contributed by atoms with Gasteiger partial charge in [-0.3, -0.25) is 14.7 Å². The van der Waals surface area contributed by atoms with Crippen LogP contribution in [0.4, 0.5) is 0 Å². The summed E-state index contributed by atoms with van der Waals surface area (Å²) in [7, 11) is 1.59. The zero-order chi connectivity index (χ0) is 15.1. The number of carbonyl (C=O) groups is 2. The molecule has 0 aliphatic carbocycles. The van der Waals surface area contributed by atoms with E-state index < -0.39 is 6.04 Å². The summed E-state index contributed by atoms with van der Waals surface area (Å²) >= 11 is 0. The lowest BCUT2D eigenvalue weighted by molar-refractivity contribution is -0.129. The predicted molar refractivity (Wildman–Crippen MR) is 73.6 cm³/mol. The fourth-order valence-electron chi connectivity index (χ4n) is 1.77. The number of hydrogen-bond donors (Lipinski definition) is 3. The van der Waals surface area contributed by atoms with Gasteiger partial charge >= 0.3 is 0 Å². The van der Waals surface area contributed by atoms with E-state index in [-0.39, 0.29) is 17.7 Å². The molecule has 0 aromatic carbocycles. The summed E-state index contributed by atoms with van der Waals surface area (Å²) in [6.45, 7) is 5.91. The van der Waals surface area contributed by atoms with E-state index in [0.717, 1.165) is 11.4 Å². The highest BCUT2D eigenvalue weighted by Crippen LogP contribution is 2.04. The molecule has 0 aliphatic rings. The molecule has 20 heavy (non-hydrogen) atoms. The van der Waals surface area contributed by atoms with Crippen LogP contribution in [-0.4, -0.2) is 35.2 Å². The topological polar surface area (TPSA) is 96.1 Å². The molecule has 1 atom stereocenters. The molecule has 1 rings (SSSR count). The van der Waals surface area contributed by atoms with Crippen LogP contribution in [-0.2, 0) is 27.5 Å². The maximum absolute atomic E-state index is 12.0. The minimum Gasteiger partial charge on any atom is -0.378 e. The second-order valence-electron chi connectivity index (χ2n) is 4.96. The number of carbonyl (C=O) groups excluding carboxylic acids is 2. The van der Waals surface area contributed by atoms with Crippen LogP contribution in [0, 0.1) is 5.92 Å². The molecule has 0 spiro atoms. The Balaban J connectivity index is 2.53. The van der Waals surface area contributed by atoms with Crippen molar-refractivity contribution in [3.05, 3.63) is 17.5 Å². The molecule has 3 N–H and O–H groups in total. The van der Waals surface area contributed by atoms with Crippen molar-refractivity contribution in [3.8, 4) is 0 Å². The molecule has 1 aromatic rings. The van der Waals surface area contributed by atoms with E-state index in [1.54, 1.807) is 7.11 Å². The number of hydrogen-bond acceptors (Lipinski definition) is 4. The third kappa shape index (κ3) is 5.00. The quantitative estimate of drug-likeness (QED) is 0.671. The van der Waals surface area contributed by atoms with Crippen LogP contribution in [0.15, 0.2) is 6.07 Å². The average Bonchev–Trinajstić information content (AvgIpc) is 2.81. The third-order valence-corrected chi connectivity index (χ3v) is 2.74. The molecule has 0 unspecified atom stereocenters. The maximum Gasteiger partial charge on any atom is 0.243 e. The van der Waals surface area contributed by atoms with Gasteiger partial charge in [0, 0.05) is 14.0 Å². The van der Waals surface area contributed by atoms with Gasteiger partial charge < -0.3 is 15.4 Å². The van der Waals surface area contributed by atoms with Crippen molar-refractivity contribution in [1.82, 2.24) is 20.8 Å². The Morgan fingerprint density at radius 2 is 2.15 bits per heavy atom. The number of methoxy groups -OCH3 is 1. The lowest BCUT2D eigenvalue weighted by atomic mass is 10.0. The number of amides is 2. The first-order valence-electron chi connectivity index (χ1n) is 6.51. The number of rotatable bonds is 7. The molecular formula is C13H22N4O3. The van der Waals surface area contributed by atoms with Crippen molar-refractivity contribution in [2.24, 2.45) is 5.92 Å². The Hall–Kier alpha value is -1.89. The molecule has 0 bridgehead atoms. The fraction of sp³-hybridized carbons (Fsp3) is 0.615. The van der Waals surface area contributed by atoms with Gasteiger partial charge in [-0.2, -0.15) is 5.10 Å². The van der Waals surface area contributed by atoms with E-state index in [0.29, 0.717) is 13.2 Å². The van der Waals surface area contributed by atoms with Crippen LogP contribution in [0.3, 0.4) is 0 Å². The highest BCUT2D eigenvalue weighted by atomic mass is 16.5. The van der Waals surface area contributed by atoms with Crippen LogP contribution in [0.1, 0.15) is 32.2 Å². The molecule has 0 radical (unpaired) electrons. The smallest absolute Gasteiger partial charge is 0.243 e. The third-order valence-electron chi connectivity index (χ3n) is 2.74. The molecule has 0 fully saturated rings. The van der Waals surface area contributed by atoms with Crippen LogP contribution in [0.5, 0.6) is 0 Å². The van der Waals surface area contributed by atoms with E-state index >= 15 is 0 Å². The predicted octanol–water partition coefficient (Wildman–Crippen LogP) is 0.333. The number of ether oxygens (including phenoxy) is 1. The van der Waals surface area contributed by atoms with Crippen molar-refractivity contribution >= 4 is 11.8 Å². The second kappa shape index (κ2) is 7.64. The van der Waals surface area contributed by atoms with Crippen LogP contribution in [0.25, 0.3) is 0 Å². The fourth-order valence-corrected chi connectivity index (χ4v) is 1.77. The van der Waals surface area contributed by atoms with Crippen molar-refractivity contribution in [2.75, 3.05) is 7.11 Å². The van der Waals surface area contributed by atoms with Gasteiger partial charge in [0.1, 0.15) is 6.04 Å². The largest absolute Gasteiger partial charge is 0.378 e. The molecule has 0 aliphatic heterocycles. The normalized spacial score (nSPS) is 12.2. The standard InChI is InChI=1S/C13H22N4O3/c1-8(2)12(15-9(3)18)13(19)14-6-10-5-11(7-20-4)17-16-10/h5,8,12H,6-7H2,1-4H3,(H,14,19)(H,15,18)(H,16,17)/t12-/m0/s1. The van der Waals surface area contributed by atoms with Crippen molar-refractivity contribution in [2.45, 2.75) is 40.0 Å². The Kier molecular flexibility index (Phi) is 6.17. The van der Waals surface area contributed by atoms with Gasteiger partial charge in [-0.05, 0) is 12.0 Å². The molecule has 0 saturated carbocycles. The van der Waals surface area contributed by atoms with Crippen LogP contribution in [0.2, 0.25) is 0 Å². The molecule has 7 heteroatoms. The molecule has 1 aromatic heterocycles. The first kappa shape index (κ1) is 16.2. The summed E-state index contributed by atoms with van der Waals surface area (Å²) in [5.41, 5.74) is 1.56. The summed E-state index contributed by atoms with van der Waals surface area (Å²) in [6, 6.07) is 1.29. The number of H-pyrrole nitrogens is 1. The van der Waals surface area contributed by atoms with Gasteiger partial charge in [0.2, 0.25) is 11.8 Å². The van der Waals surface area contributed by atoms with Crippen LogP contribution < -0.4 is 10.6 Å². The maximum atomic E-state index is 12.0. The molecule has 2 amide bonds. The van der Waals surface area contributed by atoms with Gasteiger partial charge in [-0.1, -0.05) is 13.8 Å². The molecule has 0 saturated heterocycles.